The molecule has 1 atom stereocenters. The molecule has 0 amide bonds. The molecule has 1 aliphatic heterocycles. The molecule has 1 aromatic carbocycles. The molecule has 0 saturated heterocycles. The molecule has 0 aliphatic carbocycles. The van der Waals surface area contributed by atoms with Gasteiger partial charge < -0.3 is 9.47 Å². The van der Waals surface area contributed by atoms with Crippen molar-refractivity contribution in [3.63, 3.8) is 0 Å². The summed E-state index contributed by atoms with van der Waals surface area (Å²) in [6, 6.07) is 8.06. The molecule has 0 fully saturated rings. The summed E-state index contributed by atoms with van der Waals surface area (Å²) in [6.07, 6.45) is 1.74. The Kier molecular flexibility index (Phi) is 2.74. The van der Waals surface area contributed by atoms with Crippen LogP contribution < -0.4 is 9.47 Å². The third-order valence-electron chi connectivity index (χ3n) is 3.11. The zero-order valence-electron chi connectivity index (χ0n) is 9.62. The Bertz CT molecular complexity index is 436. The van der Waals surface area contributed by atoms with Crippen LogP contribution >= 0.6 is 0 Å². The summed E-state index contributed by atoms with van der Waals surface area (Å²) in [5, 5.41) is 9.31. The number of benzene rings is 1. The van der Waals surface area contributed by atoms with E-state index in [0.29, 0.717) is 6.61 Å². The maximum Gasteiger partial charge on any atom is 0.127 e. The van der Waals surface area contributed by atoms with Crippen molar-refractivity contribution >= 4 is 0 Å². The van der Waals surface area contributed by atoms with Crippen molar-refractivity contribution in [3.05, 3.63) is 23.8 Å². The van der Waals surface area contributed by atoms with Crippen LogP contribution in [0.3, 0.4) is 0 Å². The highest BCUT2D eigenvalue weighted by Gasteiger charge is 2.31. The molecule has 0 bridgehead atoms. The van der Waals surface area contributed by atoms with Crippen molar-refractivity contribution in [2.24, 2.45) is 0 Å². The molecule has 1 unspecified atom stereocenters. The first-order valence-corrected chi connectivity index (χ1v) is 5.42. The molecule has 0 aromatic heterocycles. The lowest BCUT2D eigenvalue weighted by atomic mass is 9.80. The van der Waals surface area contributed by atoms with E-state index < -0.39 is 5.41 Å². The molecule has 84 valence electrons. The van der Waals surface area contributed by atoms with Crippen LogP contribution in [-0.4, -0.2) is 13.7 Å². The van der Waals surface area contributed by atoms with Gasteiger partial charge in [-0.15, -0.1) is 0 Å². The van der Waals surface area contributed by atoms with Gasteiger partial charge in [-0.2, -0.15) is 5.26 Å². The van der Waals surface area contributed by atoms with Crippen molar-refractivity contribution in [2.75, 3.05) is 13.7 Å². The number of hydrogen-bond acceptors (Lipinski definition) is 3. The zero-order chi connectivity index (χ0) is 11.6. The predicted molar refractivity (Wildman–Crippen MR) is 60.7 cm³/mol. The monoisotopic (exact) mass is 217 g/mol. The molecular formula is C13H15NO2. The van der Waals surface area contributed by atoms with Gasteiger partial charge in [-0.25, -0.2) is 0 Å². The molecule has 0 radical (unpaired) electrons. The fraction of sp³-hybridized carbons (Fsp3) is 0.462. The minimum absolute atomic E-state index is 0.446. The number of ether oxygens (including phenoxy) is 2. The van der Waals surface area contributed by atoms with Crippen molar-refractivity contribution in [1.29, 1.82) is 5.26 Å². The van der Waals surface area contributed by atoms with E-state index in [1.54, 1.807) is 7.11 Å². The summed E-state index contributed by atoms with van der Waals surface area (Å²) in [7, 11) is 1.63. The van der Waals surface area contributed by atoms with E-state index in [1.165, 1.54) is 0 Å². The van der Waals surface area contributed by atoms with Crippen LogP contribution in [0.5, 0.6) is 11.5 Å². The Hall–Kier alpha value is -1.69. The Balaban J connectivity index is 2.52. The van der Waals surface area contributed by atoms with Crippen LogP contribution in [0.15, 0.2) is 18.2 Å². The maximum absolute atomic E-state index is 9.31. The molecule has 0 spiro atoms. The first kappa shape index (κ1) is 10.8. The number of hydrogen-bond donors (Lipinski definition) is 0. The molecule has 1 aliphatic rings. The van der Waals surface area contributed by atoms with E-state index in [-0.39, 0.29) is 0 Å². The Morgan fingerprint density at radius 3 is 3.00 bits per heavy atom. The van der Waals surface area contributed by atoms with Gasteiger partial charge in [0.1, 0.15) is 11.5 Å². The molecule has 16 heavy (non-hydrogen) atoms. The second-order valence-corrected chi connectivity index (χ2v) is 4.26. The van der Waals surface area contributed by atoms with E-state index >= 15 is 0 Å². The summed E-state index contributed by atoms with van der Waals surface area (Å²) in [5.41, 5.74) is 0.520. The van der Waals surface area contributed by atoms with Crippen LogP contribution in [0.1, 0.15) is 25.3 Å². The van der Waals surface area contributed by atoms with Gasteiger partial charge in [0.15, 0.2) is 0 Å². The standard InChI is InChI=1S/C13H15NO2/c1-13(9-14)6-3-7-16-12-8-10(15-2)4-5-11(12)13/h4-5,8H,3,6-7H2,1-2H3. The van der Waals surface area contributed by atoms with Crippen molar-refractivity contribution in [2.45, 2.75) is 25.2 Å². The van der Waals surface area contributed by atoms with Crippen LogP contribution in [0.4, 0.5) is 0 Å². The average molecular weight is 217 g/mol. The van der Waals surface area contributed by atoms with E-state index in [9.17, 15) is 5.26 Å². The van der Waals surface area contributed by atoms with Crippen molar-refractivity contribution < 1.29 is 9.47 Å². The summed E-state index contributed by atoms with van der Waals surface area (Å²) in [5.74, 6) is 1.54. The van der Waals surface area contributed by atoms with Gasteiger partial charge in [-0.05, 0) is 25.8 Å². The van der Waals surface area contributed by atoms with E-state index in [2.05, 4.69) is 6.07 Å². The number of rotatable bonds is 1. The van der Waals surface area contributed by atoms with Gasteiger partial charge in [0, 0.05) is 11.6 Å². The quantitative estimate of drug-likeness (QED) is 0.726. The van der Waals surface area contributed by atoms with Gasteiger partial charge in [0.05, 0.1) is 25.2 Å². The van der Waals surface area contributed by atoms with Crippen LogP contribution in [0, 0.1) is 11.3 Å². The number of nitriles is 1. The first-order chi connectivity index (χ1) is 7.69. The minimum atomic E-state index is -0.446. The van der Waals surface area contributed by atoms with Gasteiger partial charge in [-0.3, -0.25) is 0 Å². The fourth-order valence-electron chi connectivity index (χ4n) is 2.06. The van der Waals surface area contributed by atoms with E-state index in [0.717, 1.165) is 29.9 Å². The van der Waals surface area contributed by atoms with Gasteiger partial charge in [-0.1, -0.05) is 6.07 Å². The van der Waals surface area contributed by atoms with Crippen molar-refractivity contribution in [1.82, 2.24) is 0 Å². The highest BCUT2D eigenvalue weighted by Crippen LogP contribution is 2.39. The normalized spacial score (nSPS) is 23.6. The van der Waals surface area contributed by atoms with E-state index in [4.69, 9.17) is 9.47 Å². The fourth-order valence-corrected chi connectivity index (χ4v) is 2.06. The van der Waals surface area contributed by atoms with Gasteiger partial charge in [0.2, 0.25) is 0 Å². The van der Waals surface area contributed by atoms with E-state index in [1.807, 2.05) is 25.1 Å². The zero-order valence-corrected chi connectivity index (χ0v) is 9.62. The molecular weight excluding hydrogens is 202 g/mol. The molecule has 3 heteroatoms. The maximum atomic E-state index is 9.31. The van der Waals surface area contributed by atoms with Crippen LogP contribution in [-0.2, 0) is 5.41 Å². The number of methoxy groups -OCH3 is 1. The first-order valence-electron chi connectivity index (χ1n) is 5.42. The minimum Gasteiger partial charge on any atom is -0.497 e. The van der Waals surface area contributed by atoms with Crippen molar-refractivity contribution in [3.8, 4) is 17.6 Å². The lowest BCUT2D eigenvalue weighted by Gasteiger charge is -2.21. The second kappa shape index (κ2) is 4.05. The SMILES string of the molecule is COc1ccc2c(c1)OCCCC2(C)C#N. The number of fused-ring (bicyclic) bond motifs is 1. The summed E-state index contributed by atoms with van der Waals surface area (Å²) < 4.78 is 10.8. The lowest BCUT2D eigenvalue weighted by Crippen LogP contribution is -2.18. The van der Waals surface area contributed by atoms with Gasteiger partial charge >= 0.3 is 0 Å². The smallest absolute Gasteiger partial charge is 0.127 e. The Morgan fingerprint density at radius 1 is 1.50 bits per heavy atom. The van der Waals surface area contributed by atoms with Crippen LogP contribution in [0.2, 0.25) is 0 Å². The Morgan fingerprint density at radius 2 is 2.31 bits per heavy atom. The molecule has 3 nitrogen and oxygen atoms in total. The van der Waals surface area contributed by atoms with Gasteiger partial charge in [0.25, 0.3) is 0 Å². The summed E-state index contributed by atoms with van der Waals surface area (Å²) >= 11 is 0. The topological polar surface area (TPSA) is 42.2 Å². The molecule has 0 saturated carbocycles. The van der Waals surface area contributed by atoms with Crippen LogP contribution in [0.25, 0.3) is 0 Å². The Labute approximate surface area is 95.6 Å². The molecule has 1 heterocycles. The highest BCUT2D eigenvalue weighted by atomic mass is 16.5. The molecule has 0 N–H and O–H groups in total. The predicted octanol–water partition coefficient (Wildman–Crippen LogP) is 2.65. The highest BCUT2D eigenvalue weighted by molar-refractivity contribution is 5.48. The third kappa shape index (κ3) is 1.71. The summed E-state index contributed by atoms with van der Waals surface area (Å²) in [6.45, 7) is 2.63. The average Bonchev–Trinajstić information content (AvgIpc) is 2.49. The lowest BCUT2D eigenvalue weighted by molar-refractivity contribution is 0.313. The molecule has 1 aromatic rings. The number of nitrogens with zero attached hydrogens (tertiary/aromatic N) is 1. The third-order valence-corrected chi connectivity index (χ3v) is 3.11. The second-order valence-electron chi connectivity index (χ2n) is 4.26. The summed E-state index contributed by atoms with van der Waals surface area (Å²) in [4.78, 5) is 0. The largest absolute Gasteiger partial charge is 0.497 e. The molecule has 2 rings (SSSR count).